The lowest BCUT2D eigenvalue weighted by atomic mass is 10.1. The first kappa shape index (κ1) is 15.4. The Balaban J connectivity index is 3.41. The van der Waals surface area contributed by atoms with E-state index >= 15 is 0 Å². The molecule has 1 aromatic rings. The minimum atomic E-state index is -2.43. The van der Waals surface area contributed by atoms with E-state index in [0.717, 1.165) is 12.1 Å². The molecular formula is C11H11NO8. The quantitative estimate of drug-likeness (QED) is 0.413. The number of rotatable bonds is 6. The zero-order chi connectivity index (χ0) is 15.4. The SMILES string of the molecule is O=C(O)c1ccccc1N(C(O)C(=O)O)C(O)C(=O)O. The van der Waals surface area contributed by atoms with Gasteiger partial charge in [-0.1, -0.05) is 12.1 Å². The van der Waals surface area contributed by atoms with Gasteiger partial charge in [0.05, 0.1) is 11.3 Å². The van der Waals surface area contributed by atoms with Gasteiger partial charge in [0.15, 0.2) is 0 Å². The summed E-state index contributed by atoms with van der Waals surface area (Å²) in [5.41, 5.74) is -0.905. The van der Waals surface area contributed by atoms with Crippen molar-refractivity contribution in [3.8, 4) is 0 Å². The van der Waals surface area contributed by atoms with Gasteiger partial charge in [-0.15, -0.1) is 0 Å². The molecular weight excluding hydrogens is 274 g/mol. The minimum Gasteiger partial charge on any atom is -0.478 e. The van der Waals surface area contributed by atoms with Gasteiger partial charge >= 0.3 is 17.9 Å². The maximum Gasteiger partial charge on any atom is 0.354 e. The van der Waals surface area contributed by atoms with Gasteiger partial charge in [0.25, 0.3) is 0 Å². The minimum absolute atomic E-state index is 0.175. The molecule has 0 aromatic heterocycles. The number of nitrogens with zero attached hydrogens (tertiary/aromatic N) is 1. The van der Waals surface area contributed by atoms with E-state index in [9.17, 15) is 24.6 Å². The van der Waals surface area contributed by atoms with E-state index in [1.807, 2.05) is 0 Å². The van der Waals surface area contributed by atoms with Crippen LogP contribution in [0.25, 0.3) is 0 Å². The van der Waals surface area contributed by atoms with Crippen LogP contribution in [0, 0.1) is 0 Å². The van der Waals surface area contributed by atoms with Crippen molar-refractivity contribution in [2.45, 2.75) is 12.5 Å². The summed E-state index contributed by atoms with van der Waals surface area (Å²) in [5, 5.41) is 45.4. The Morgan fingerprint density at radius 3 is 1.75 bits per heavy atom. The van der Waals surface area contributed by atoms with Crippen molar-refractivity contribution in [3.63, 3.8) is 0 Å². The molecule has 0 saturated carbocycles. The number of carboxylic acid groups (broad SMARTS) is 3. The van der Waals surface area contributed by atoms with Crippen LogP contribution in [0.15, 0.2) is 24.3 Å². The monoisotopic (exact) mass is 285 g/mol. The summed E-state index contributed by atoms with van der Waals surface area (Å²) >= 11 is 0. The Morgan fingerprint density at radius 2 is 1.35 bits per heavy atom. The number of para-hydroxylation sites is 1. The van der Waals surface area contributed by atoms with Crippen molar-refractivity contribution in [3.05, 3.63) is 29.8 Å². The maximum absolute atomic E-state index is 11.0. The van der Waals surface area contributed by atoms with Crippen LogP contribution in [-0.4, -0.2) is 55.9 Å². The highest BCUT2D eigenvalue weighted by Crippen LogP contribution is 2.24. The van der Waals surface area contributed by atoms with Crippen LogP contribution in [-0.2, 0) is 9.59 Å². The lowest BCUT2D eigenvalue weighted by molar-refractivity contribution is -0.153. The van der Waals surface area contributed by atoms with Crippen LogP contribution < -0.4 is 4.90 Å². The molecule has 0 bridgehead atoms. The molecule has 0 radical (unpaired) electrons. The molecule has 20 heavy (non-hydrogen) atoms. The van der Waals surface area contributed by atoms with Crippen molar-refractivity contribution in [2.24, 2.45) is 0 Å². The average Bonchev–Trinajstić information content (AvgIpc) is 2.38. The fourth-order valence-electron chi connectivity index (χ4n) is 1.51. The molecule has 9 nitrogen and oxygen atoms in total. The molecule has 0 heterocycles. The van der Waals surface area contributed by atoms with Gasteiger partial charge in [0.1, 0.15) is 0 Å². The van der Waals surface area contributed by atoms with Gasteiger partial charge in [0.2, 0.25) is 12.5 Å². The summed E-state index contributed by atoms with van der Waals surface area (Å²) in [5.74, 6) is -5.16. The van der Waals surface area contributed by atoms with E-state index in [-0.39, 0.29) is 4.90 Å². The van der Waals surface area contributed by atoms with Crippen molar-refractivity contribution < 1.29 is 39.9 Å². The molecule has 0 aliphatic rings. The first-order chi connectivity index (χ1) is 9.27. The predicted octanol–water partition coefficient (Wildman–Crippen LogP) is -1.00. The van der Waals surface area contributed by atoms with Gasteiger partial charge in [-0.25, -0.2) is 14.4 Å². The van der Waals surface area contributed by atoms with Gasteiger partial charge in [-0.2, -0.15) is 0 Å². The molecule has 0 aliphatic carbocycles. The molecule has 0 spiro atoms. The Bertz CT molecular complexity index is 523. The van der Waals surface area contributed by atoms with E-state index in [2.05, 4.69) is 0 Å². The van der Waals surface area contributed by atoms with Crippen molar-refractivity contribution in [1.29, 1.82) is 0 Å². The zero-order valence-electron chi connectivity index (χ0n) is 9.87. The molecule has 1 rings (SSSR count). The summed E-state index contributed by atoms with van der Waals surface area (Å²) in [6, 6.07) is 4.78. The Hall–Kier alpha value is -2.65. The third-order valence-corrected chi connectivity index (χ3v) is 2.38. The molecule has 5 N–H and O–H groups in total. The fraction of sp³-hybridized carbons (Fsp3) is 0.182. The van der Waals surface area contributed by atoms with Crippen LogP contribution in [0.3, 0.4) is 0 Å². The summed E-state index contributed by atoms with van der Waals surface area (Å²) in [7, 11) is 0. The second-order valence-electron chi connectivity index (χ2n) is 3.65. The van der Waals surface area contributed by atoms with Gasteiger partial charge < -0.3 is 30.4 Å². The topological polar surface area (TPSA) is 156 Å². The van der Waals surface area contributed by atoms with Crippen LogP contribution >= 0.6 is 0 Å². The number of hydrogen-bond donors (Lipinski definition) is 5. The van der Waals surface area contributed by atoms with Crippen LogP contribution in [0.4, 0.5) is 5.69 Å². The summed E-state index contributed by atoms with van der Waals surface area (Å²) in [6.07, 6.45) is -4.86. The van der Waals surface area contributed by atoms with Crippen molar-refractivity contribution in [2.75, 3.05) is 4.90 Å². The highest BCUT2D eigenvalue weighted by Gasteiger charge is 2.35. The number of aliphatic hydroxyl groups is 2. The highest BCUT2D eigenvalue weighted by atomic mass is 16.4. The van der Waals surface area contributed by atoms with E-state index in [1.54, 1.807) is 0 Å². The Morgan fingerprint density at radius 1 is 0.900 bits per heavy atom. The summed E-state index contributed by atoms with van der Waals surface area (Å²) in [4.78, 5) is 32.8. The molecule has 2 unspecified atom stereocenters. The first-order valence-electron chi connectivity index (χ1n) is 5.19. The van der Waals surface area contributed by atoms with E-state index in [1.165, 1.54) is 12.1 Å². The third-order valence-electron chi connectivity index (χ3n) is 2.38. The number of aliphatic hydroxyl groups excluding tert-OH is 2. The molecule has 2 atom stereocenters. The molecule has 108 valence electrons. The normalized spacial score (nSPS) is 13.3. The largest absolute Gasteiger partial charge is 0.478 e. The number of aromatic carboxylic acids is 1. The van der Waals surface area contributed by atoms with Gasteiger partial charge in [-0.05, 0) is 12.1 Å². The van der Waals surface area contributed by atoms with Crippen LogP contribution in [0.5, 0.6) is 0 Å². The standard InChI is InChI=1S/C11H11NO8/c13-7(10(17)18)12(8(14)11(19)20)6-4-2-1-3-5(6)9(15)16/h1-4,7-8,13-14H,(H,15,16)(H,17,18)(H,19,20). The van der Waals surface area contributed by atoms with Crippen molar-refractivity contribution in [1.82, 2.24) is 0 Å². The van der Waals surface area contributed by atoms with E-state index in [4.69, 9.17) is 15.3 Å². The highest BCUT2D eigenvalue weighted by molar-refractivity contribution is 5.96. The lowest BCUT2D eigenvalue weighted by Gasteiger charge is -2.30. The molecule has 9 heteroatoms. The zero-order valence-corrected chi connectivity index (χ0v) is 9.87. The van der Waals surface area contributed by atoms with Gasteiger partial charge in [0, 0.05) is 0 Å². The molecule has 0 saturated heterocycles. The number of hydrogen-bond acceptors (Lipinski definition) is 6. The molecule has 0 aliphatic heterocycles. The van der Waals surface area contributed by atoms with E-state index < -0.39 is 41.6 Å². The number of aliphatic carboxylic acids is 2. The fourth-order valence-corrected chi connectivity index (χ4v) is 1.51. The summed E-state index contributed by atoms with van der Waals surface area (Å²) < 4.78 is 0. The number of benzene rings is 1. The van der Waals surface area contributed by atoms with Crippen LogP contribution in [0.1, 0.15) is 10.4 Å². The average molecular weight is 285 g/mol. The van der Waals surface area contributed by atoms with Crippen LogP contribution in [0.2, 0.25) is 0 Å². The maximum atomic E-state index is 11.0. The number of carboxylic acids is 3. The Labute approximate surface area is 111 Å². The third kappa shape index (κ3) is 3.02. The summed E-state index contributed by atoms with van der Waals surface area (Å²) in [6.45, 7) is 0. The molecule has 1 aromatic carbocycles. The van der Waals surface area contributed by atoms with Crippen molar-refractivity contribution >= 4 is 23.6 Å². The molecule has 0 fully saturated rings. The lowest BCUT2D eigenvalue weighted by Crippen LogP contribution is -2.51. The second-order valence-corrected chi connectivity index (χ2v) is 3.65. The smallest absolute Gasteiger partial charge is 0.354 e. The second kappa shape index (κ2) is 5.99. The Kier molecular flexibility index (Phi) is 4.62. The number of carbonyl (C=O) groups is 3. The number of anilines is 1. The predicted molar refractivity (Wildman–Crippen MR) is 63.2 cm³/mol. The van der Waals surface area contributed by atoms with E-state index in [0.29, 0.717) is 0 Å². The molecule has 0 amide bonds. The van der Waals surface area contributed by atoms with Gasteiger partial charge in [-0.3, -0.25) is 0 Å². The first-order valence-corrected chi connectivity index (χ1v) is 5.19.